The lowest BCUT2D eigenvalue weighted by Gasteiger charge is -2.35. The predicted molar refractivity (Wildman–Crippen MR) is 131 cm³/mol. The Hall–Kier alpha value is -3.56. The molecule has 0 spiro atoms. The second-order valence-electron chi connectivity index (χ2n) is 9.57. The Morgan fingerprint density at radius 3 is 2.49 bits per heavy atom. The molecule has 1 aromatic carbocycles. The number of rotatable bonds is 5. The van der Waals surface area contributed by atoms with Crippen LogP contribution in [0.4, 0.5) is 11.8 Å². The van der Waals surface area contributed by atoms with Crippen LogP contribution in [-0.2, 0) is 11.3 Å². The number of hydrogen-bond donors (Lipinski definition) is 1. The summed E-state index contributed by atoms with van der Waals surface area (Å²) in [6.45, 7) is 10.9. The minimum absolute atomic E-state index is 0.0520. The molecule has 1 aromatic heterocycles. The van der Waals surface area contributed by atoms with E-state index in [-0.39, 0.29) is 30.0 Å². The smallest absolute Gasteiger partial charge is 0.273 e. The van der Waals surface area contributed by atoms with Crippen molar-refractivity contribution in [2.24, 2.45) is 0 Å². The van der Waals surface area contributed by atoms with E-state index in [0.29, 0.717) is 56.8 Å². The van der Waals surface area contributed by atoms with Gasteiger partial charge in [0.15, 0.2) is 17.6 Å². The number of amides is 2. The van der Waals surface area contributed by atoms with Gasteiger partial charge in [-0.3, -0.25) is 9.59 Å². The zero-order valence-electron chi connectivity index (χ0n) is 20.7. The van der Waals surface area contributed by atoms with E-state index in [1.54, 1.807) is 6.92 Å². The molecule has 3 aliphatic rings. The standard InChI is InChI=1S/C25H32N6O4/c1-15(2)31-13-18-22(24(31)33)27-25(30-11-9-29(10-12-30)17(4)32)28-23(18)26-16(3)21-14-34-19-7-5-6-8-20(19)35-21/h5-8,15-16,21H,9-14H2,1-4H3,(H,26,27,28). The maximum absolute atomic E-state index is 13.2. The van der Waals surface area contributed by atoms with Gasteiger partial charge >= 0.3 is 0 Å². The normalized spacial score (nSPS) is 20.2. The molecule has 10 heteroatoms. The average molecular weight is 481 g/mol. The van der Waals surface area contributed by atoms with E-state index in [0.717, 1.165) is 17.1 Å². The van der Waals surface area contributed by atoms with Crippen molar-refractivity contribution in [3.8, 4) is 11.5 Å². The van der Waals surface area contributed by atoms with Crippen molar-refractivity contribution >= 4 is 23.6 Å². The molecule has 35 heavy (non-hydrogen) atoms. The molecule has 5 rings (SSSR count). The number of nitrogens with zero attached hydrogens (tertiary/aromatic N) is 5. The van der Waals surface area contributed by atoms with Crippen molar-refractivity contribution in [2.45, 2.75) is 52.4 Å². The summed E-state index contributed by atoms with van der Waals surface area (Å²) < 4.78 is 12.1. The molecule has 0 bridgehead atoms. The number of ether oxygens (including phenoxy) is 2. The number of anilines is 2. The zero-order valence-corrected chi connectivity index (χ0v) is 20.7. The molecule has 3 aliphatic heterocycles. The highest BCUT2D eigenvalue weighted by Gasteiger charge is 2.36. The number of hydrogen-bond acceptors (Lipinski definition) is 8. The molecule has 2 aromatic rings. The number of nitrogens with one attached hydrogen (secondary N) is 1. The summed E-state index contributed by atoms with van der Waals surface area (Å²) in [5.41, 5.74) is 1.25. The average Bonchev–Trinajstić information content (AvgIpc) is 3.20. The Morgan fingerprint density at radius 1 is 1.09 bits per heavy atom. The Bertz CT molecular complexity index is 1130. The van der Waals surface area contributed by atoms with Gasteiger partial charge in [0.05, 0.1) is 12.6 Å². The van der Waals surface area contributed by atoms with Gasteiger partial charge < -0.3 is 29.5 Å². The molecule has 186 valence electrons. The molecule has 0 aliphatic carbocycles. The van der Waals surface area contributed by atoms with Gasteiger partial charge in [-0.15, -0.1) is 0 Å². The molecule has 1 fully saturated rings. The van der Waals surface area contributed by atoms with Gasteiger partial charge in [-0.1, -0.05) is 12.1 Å². The molecule has 0 saturated carbocycles. The number of para-hydroxylation sites is 2. The number of benzene rings is 1. The van der Waals surface area contributed by atoms with Gasteiger partial charge in [0.1, 0.15) is 18.1 Å². The molecular weight excluding hydrogens is 448 g/mol. The Labute approximate surface area is 205 Å². The van der Waals surface area contributed by atoms with Crippen LogP contribution in [0.2, 0.25) is 0 Å². The number of aromatic nitrogens is 2. The van der Waals surface area contributed by atoms with E-state index in [4.69, 9.17) is 19.4 Å². The fourth-order valence-corrected chi connectivity index (χ4v) is 4.67. The highest BCUT2D eigenvalue weighted by Crippen LogP contribution is 2.34. The second-order valence-corrected chi connectivity index (χ2v) is 9.57. The minimum atomic E-state index is -0.226. The van der Waals surface area contributed by atoms with Crippen LogP contribution in [0, 0.1) is 0 Å². The summed E-state index contributed by atoms with van der Waals surface area (Å²) in [6, 6.07) is 7.55. The maximum atomic E-state index is 13.2. The first-order chi connectivity index (χ1) is 16.8. The maximum Gasteiger partial charge on any atom is 0.273 e. The van der Waals surface area contributed by atoms with E-state index in [9.17, 15) is 9.59 Å². The predicted octanol–water partition coefficient (Wildman–Crippen LogP) is 2.15. The van der Waals surface area contributed by atoms with Crippen LogP contribution in [0.1, 0.15) is 43.7 Å². The molecule has 10 nitrogen and oxygen atoms in total. The molecule has 0 radical (unpaired) electrons. The summed E-state index contributed by atoms with van der Waals surface area (Å²) >= 11 is 0. The van der Waals surface area contributed by atoms with Crippen molar-refractivity contribution in [3.63, 3.8) is 0 Å². The first-order valence-corrected chi connectivity index (χ1v) is 12.2. The van der Waals surface area contributed by atoms with E-state index >= 15 is 0 Å². The number of fused-ring (bicyclic) bond motifs is 2. The monoisotopic (exact) mass is 480 g/mol. The molecule has 1 saturated heterocycles. The van der Waals surface area contributed by atoms with Crippen LogP contribution in [-0.4, -0.2) is 82.6 Å². The summed E-state index contributed by atoms with van der Waals surface area (Å²) in [4.78, 5) is 40.1. The highest BCUT2D eigenvalue weighted by molar-refractivity contribution is 5.98. The van der Waals surface area contributed by atoms with Crippen molar-refractivity contribution in [1.82, 2.24) is 19.8 Å². The first kappa shape index (κ1) is 23.2. The van der Waals surface area contributed by atoms with Gasteiger partial charge in [-0.2, -0.15) is 4.98 Å². The first-order valence-electron chi connectivity index (χ1n) is 12.2. The fraction of sp³-hybridized carbons (Fsp3) is 0.520. The number of carbonyl (C=O) groups excluding carboxylic acids is 2. The molecule has 1 N–H and O–H groups in total. The van der Waals surface area contributed by atoms with Gasteiger partial charge in [0, 0.05) is 44.7 Å². The lowest BCUT2D eigenvalue weighted by Crippen LogP contribution is -2.48. The van der Waals surface area contributed by atoms with Crippen molar-refractivity contribution < 1.29 is 19.1 Å². The Morgan fingerprint density at radius 2 is 1.80 bits per heavy atom. The van der Waals surface area contributed by atoms with Crippen LogP contribution in [0.15, 0.2) is 24.3 Å². The van der Waals surface area contributed by atoms with E-state index < -0.39 is 0 Å². The largest absolute Gasteiger partial charge is 0.486 e. The van der Waals surface area contributed by atoms with Crippen LogP contribution in [0.5, 0.6) is 11.5 Å². The topological polar surface area (TPSA) is 100 Å². The second kappa shape index (κ2) is 9.24. The summed E-state index contributed by atoms with van der Waals surface area (Å²) in [7, 11) is 0. The third-order valence-corrected chi connectivity index (χ3v) is 6.87. The van der Waals surface area contributed by atoms with Gasteiger partial charge in [-0.25, -0.2) is 4.98 Å². The van der Waals surface area contributed by atoms with E-state index in [1.165, 1.54) is 0 Å². The van der Waals surface area contributed by atoms with Crippen LogP contribution >= 0.6 is 0 Å². The van der Waals surface area contributed by atoms with E-state index in [1.807, 2.05) is 59.7 Å². The fourth-order valence-electron chi connectivity index (χ4n) is 4.67. The van der Waals surface area contributed by atoms with E-state index in [2.05, 4.69) is 5.32 Å². The third kappa shape index (κ3) is 4.44. The van der Waals surface area contributed by atoms with Gasteiger partial charge in [0.25, 0.3) is 5.91 Å². The van der Waals surface area contributed by atoms with Crippen LogP contribution < -0.4 is 19.7 Å². The Kier molecular flexibility index (Phi) is 6.12. The summed E-state index contributed by atoms with van der Waals surface area (Å²) in [6.07, 6.45) is -0.226. The molecular formula is C25H32N6O4. The zero-order chi connectivity index (χ0) is 24.7. The van der Waals surface area contributed by atoms with Gasteiger partial charge in [0.2, 0.25) is 11.9 Å². The minimum Gasteiger partial charge on any atom is -0.486 e. The quantitative estimate of drug-likeness (QED) is 0.695. The van der Waals surface area contributed by atoms with Crippen LogP contribution in [0.25, 0.3) is 0 Å². The van der Waals surface area contributed by atoms with Crippen molar-refractivity contribution in [3.05, 3.63) is 35.5 Å². The highest BCUT2D eigenvalue weighted by atomic mass is 16.6. The summed E-state index contributed by atoms with van der Waals surface area (Å²) in [5.74, 6) is 2.59. The van der Waals surface area contributed by atoms with Crippen molar-refractivity contribution in [1.29, 1.82) is 0 Å². The lowest BCUT2D eigenvalue weighted by molar-refractivity contribution is -0.129. The van der Waals surface area contributed by atoms with Crippen molar-refractivity contribution in [2.75, 3.05) is 43.0 Å². The molecule has 4 heterocycles. The molecule has 2 atom stereocenters. The molecule has 2 amide bonds. The third-order valence-electron chi connectivity index (χ3n) is 6.87. The lowest BCUT2D eigenvalue weighted by atomic mass is 10.1. The SMILES string of the molecule is CC(=O)N1CCN(c2nc(NC(C)C3COc4ccccc4O3)c3c(n2)C(=O)N(C(C)C)C3)CC1. The Balaban J connectivity index is 1.41. The molecule has 2 unspecified atom stereocenters. The van der Waals surface area contributed by atoms with Gasteiger partial charge in [-0.05, 0) is 32.9 Å². The number of carbonyl (C=O) groups is 2. The van der Waals surface area contributed by atoms with Crippen LogP contribution in [0.3, 0.4) is 0 Å². The number of piperazine rings is 1. The summed E-state index contributed by atoms with van der Waals surface area (Å²) in [5, 5.41) is 3.50.